The van der Waals surface area contributed by atoms with Crippen molar-refractivity contribution in [3.05, 3.63) is 53.8 Å². The third-order valence-electron chi connectivity index (χ3n) is 3.90. The molecule has 0 spiro atoms. The molecule has 2 aromatic carbocycles. The summed E-state index contributed by atoms with van der Waals surface area (Å²) in [5.74, 6) is 1.08. The molecule has 1 fully saturated rings. The molecule has 1 saturated heterocycles. The van der Waals surface area contributed by atoms with Gasteiger partial charge in [-0.05, 0) is 23.8 Å². The Bertz CT molecular complexity index is 640. The lowest BCUT2D eigenvalue weighted by Gasteiger charge is -2.29. The van der Waals surface area contributed by atoms with E-state index in [1.54, 1.807) is 13.2 Å². The zero-order chi connectivity index (χ0) is 16.1. The molecule has 5 heteroatoms. The maximum Gasteiger partial charge on any atom is 0.128 e. The number of hydrogen-bond acceptors (Lipinski definition) is 4. The summed E-state index contributed by atoms with van der Waals surface area (Å²) >= 11 is 0. The number of benzene rings is 2. The third-order valence-corrected chi connectivity index (χ3v) is 3.90. The first-order chi connectivity index (χ1) is 11.2. The summed E-state index contributed by atoms with van der Waals surface area (Å²) in [6.07, 6.45) is 0. The lowest BCUT2D eigenvalue weighted by Crippen LogP contribution is -2.43. The van der Waals surface area contributed by atoms with Crippen LogP contribution in [0.1, 0.15) is 5.56 Å². The van der Waals surface area contributed by atoms with Crippen LogP contribution in [0.25, 0.3) is 0 Å². The Hall–Kier alpha value is -2.27. The normalized spacial score (nSPS) is 14.6. The number of hydrogen-bond donors (Lipinski definition) is 1. The summed E-state index contributed by atoms with van der Waals surface area (Å²) in [4.78, 5) is 2.17. The molecular weight excluding hydrogens is 295 g/mol. The lowest BCUT2D eigenvalue weighted by atomic mass is 10.2. The van der Waals surface area contributed by atoms with Gasteiger partial charge < -0.3 is 19.7 Å². The minimum Gasteiger partial charge on any atom is -0.497 e. The smallest absolute Gasteiger partial charge is 0.128 e. The van der Waals surface area contributed by atoms with Gasteiger partial charge >= 0.3 is 0 Å². The van der Waals surface area contributed by atoms with Gasteiger partial charge in [-0.15, -0.1) is 0 Å². The molecule has 1 aliphatic heterocycles. The highest BCUT2D eigenvalue weighted by Gasteiger charge is 2.12. The van der Waals surface area contributed by atoms with Crippen LogP contribution in [-0.2, 0) is 6.61 Å². The van der Waals surface area contributed by atoms with Crippen molar-refractivity contribution in [3.63, 3.8) is 0 Å². The molecule has 0 amide bonds. The summed E-state index contributed by atoms with van der Waals surface area (Å²) in [5.41, 5.74) is 1.88. The Balaban J connectivity index is 1.68. The monoisotopic (exact) mass is 316 g/mol. The predicted octanol–water partition coefficient (Wildman–Crippen LogP) is 2.82. The van der Waals surface area contributed by atoms with Crippen molar-refractivity contribution in [1.82, 2.24) is 5.32 Å². The minimum atomic E-state index is -0.272. The van der Waals surface area contributed by atoms with Crippen molar-refractivity contribution < 1.29 is 13.9 Å². The molecule has 2 aromatic rings. The van der Waals surface area contributed by atoms with Gasteiger partial charge in [0.1, 0.15) is 23.9 Å². The van der Waals surface area contributed by atoms with Crippen LogP contribution in [0.3, 0.4) is 0 Å². The van der Waals surface area contributed by atoms with Gasteiger partial charge in [-0.3, -0.25) is 0 Å². The first-order valence-electron chi connectivity index (χ1n) is 7.76. The van der Waals surface area contributed by atoms with Gasteiger partial charge in [0.2, 0.25) is 0 Å². The van der Waals surface area contributed by atoms with E-state index in [9.17, 15) is 4.39 Å². The molecule has 0 unspecified atom stereocenters. The number of nitrogens with zero attached hydrogens (tertiary/aromatic N) is 1. The van der Waals surface area contributed by atoms with E-state index >= 15 is 0 Å². The lowest BCUT2D eigenvalue weighted by molar-refractivity contribution is 0.304. The number of piperazine rings is 1. The predicted molar refractivity (Wildman–Crippen MR) is 88.8 cm³/mol. The Kier molecular flexibility index (Phi) is 4.98. The molecule has 1 N–H and O–H groups in total. The molecule has 0 bridgehead atoms. The maximum atomic E-state index is 13.9. The summed E-state index contributed by atoms with van der Waals surface area (Å²) in [7, 11) is 1.63. The molecule has 0 saturated carbocycles. The number of methoxy groups -OCH3 is 1. The zero-order valence-electron chi connectivity index (χ0n) is 13.2. The maximum absolute atomic E-state index is 13.9. The molecule has 3 rings (SSSR count). The highest BCUT2D eigenvalue weighted by atomic mass is 19.1. The standard InChI is InChI=1S/C18H21FN2O2/c1-22-17-4-2-14(3-5-17)13-23-18-11-15(19)10-16(12-18)21-8-6-20-7-9-21/h2-5,10-12,20H,6-9,13H2,1H3. The van der Waals surface area contributed by atoms with Crippen molar-refractivity contribution in [2.75, 3.05) is 38.2 Å². The molecule has 0 aliphatic carbocycles. The highest BCUT2D eigenvalue weighted by molar-refractivity contribution is 5.51. The van der Waals surface area contributed by atoms with Gasteiger partial charge in [-0.1, -0.05) is 12.1 Å². The van der Waals surface area contributed by atoms with Crippen LogP contribution in [0.2, 0.25) is 0 Å². The summed E-state index contributed by atoms with van der Waals surface area (Å²) in [6.45, 7) is 3.98. The molecule has 122 valence electrons. The second-order valence-corrected chi connectivity index (χ2v) is 5.52. The molecule has 0 atom stereocenters. The summed E-state index contributed by atoms with van der Waals surface area (Å²) < 4.78 is 24.8. The number of anilines is 1. The highest BCUT2D eigenvalue weighted by Crippen LogP contribution is 2.25. The van der Waals surface area contributed by atoms with Crippen molar-refractivity contribution >= 4 is 5.69 Å². The Morgan fingerprint density at radius 3 is 2.48 bits per heavy atom. The molecule has 1 heterocycles. The average Bonchev–Trinajstić information content (AvgIpc) is 2.61. The van der Waals surface area contributed by atoms with Gasteiger partial charge in [0.25, 0.3) is 0 Å². The average molecular weight is 316 g/mol. The fourth-order valence-electron chi connectivity index (χ4n) is 2.63. The fourth-order valence-corrected chi connectivity index (χ4v) is 2.63. The van der Waals surface area contributed by atoms with E-state index in [1.807, 2.05) is 30.3 Å². The van der Waals surface area contributed by atoms with E-state index in [0.717, 1.165) is 43.2 Å². The zero-order valence-corrected chi connectivity index (χ0v) is 13.2. The largest absolute Gasteiger partial charge is 0.497 e. The van der Waals surface area contributed by atoms with Crippen LogP contribution in [0.4, 0.5) is 10.1 Å². The quantitative estimate of drug-likeness (QED) is 0.920. The van der Waals surface area contributed by atoms with Crippen molar-refractivity contribution in [3.8, 4) is 11.5 Å². The van der Waals surface area contributed by atoms with Crippen LogP contribution in [0.15, 0.2) is 42.5 Å². The van der Waals surface area contributed by atoms with E-state index in [0.29, 0.717) is 12.4 Å². The van der Waals surface area contributed by atoms with Crippen LogP contribution < -0.4 is 19.7 Å². The summed E-state index contributed by atoms with van der Waals surface area (Å²) in [6, 6.07) is 12.5. The first-order valence-corrected chi connectivity index (χ1v) is 7.76. The molecule has 0 radical (unpaired) electrons. The summed E-state index contributed by atoms with van der Waals surface area (Å²) in [5, 5.41) is 3.29. The van der Waals surface area contributed by atoms with Gasteiger partial charge in [0.15, 0.2) is 0 Å². The molecule has 0 aromatic heterocycles. The second kappa shape index (κ2) is 7.33. The Labute approximate surface area is 135 Å². The van der Waals surface area contributed by atoms with Crippen molar-refractivity contribution in [1.29, 1.82) is 0 Å². The van der Waals surface area contributed by atoms with E-state index in [4.69, 9.17) is 9.47 Å². The molecular formula is C18H21FN2O2. The van der Waals surface area contributed by atoms with Crippen LogP contribution in [-0.4, -0.2) is 33.3 Å². The number of ether oxygens (including phenoxy) is 2. The topological polar surface area (TPSA) is 33.7 Å². The first kappa shape index (κ1) is 15.6. The number of rotatable bonds is 5. The van der Waals surface area contributed by atoms with Crippen molar-refractivity contribution in [2.45, 2.75) is 6.61 Å². The van der Waals surface area contributed by atoms with Gasteiger partial charge in [0.05, 0.1) is 7.11 Å². The van der Waals surface area contributed by atoms with Gasteiger partial charge in [0, 0.05) is 44.0 Å². The Morgan fingerprint density at radius 2 is 1.78 bits per heavy atom. The van der Waals surface area contributed by atoms with Crippen LogP contribution in [0, 0.1) is 5.82 Å². The van der Waals surface area contributed by atoms with E-state index in [1.165, 1.54) is 6.07 Å². The third kappa shape index (κ3) is 4.13. The van der Waals surface area contributed by atoms with Gasteiger partial charge in [-0.25, -0.2) is 4.39 Å². The fraction of sp³-hybridized carbons (Fsp3) is 0.333. The van der Waals surface area contributed by atoms with Crippen molar-refractivity contribution in [2.24, 2.45) is 0 Å². The van der Waals surface area contributed by atoms with E-state index < -0.39 is 0 Å². The number of halogens is 1. The van der Waals surface area contributed by atoms with E-state index in [2.05, 4.69) is 10.2 Å². The minimum absolute atomic E-state index is 0.272. The molecule has 4 nitrogen and oxygen atoms in total. The SMILES string of the molecule is COc1ccc(COc2cc(F)cc(N3CCNCC3)c2)cc1. The molecule has 1 aliphatic rings. The van der Waals surface area contributed by atoms with E-state index in [-0.39, 0.29) is 5.82 Å². The van der Waals surface area contributed by atoms with Crippen LogP contribution in [0.5, 0.6) is 11.5 Å². The second-order valence-electron chi connectivity index (χ2n) is 5.52. The van der Waals surface area contributed by atoms with Gasteiger partial charge in [-0.2, -0.15) is 0 Å². The molecule has 23 heavy (non-hydrogen) atoms. The Morgan fingerprint density at radius 1 is 1.04 bits per heavy atom. The number of nitrogens with one attached hydrogen (secondary N) is 1. The van der Waals surface area contributed by atoms with Crippen LogP contribution >= 0.6 is 0 Å².